The number of fused-ring (bicyclic) bond motifs is 11. The minimum absolute atomic E-state index is 0.146. The van der Waals surface area contributed by atoms with Crippen molar-refractivity contribution in [2.24, 2.45) is 0 Å². The van der Waals surface area contributed by atoms with E-state index < -0.39 is 0 Å². The van der Waals surface area contributed by atoms with E-state index in [2.05, 4.69) is 184 Å². The molecule has 0 radical (unpaired) electrons. The van der Waals surface area contributed by atoms with Crippen molar-refractivity contribution in [1.29, 1.82) is 0 Å². The van der Waals surface area contributed by atoms with Crippen LogP contribution < -0.4 is 0 Å². The number of benzene rings is 10. The maximum absolute atomic E-state index is 2.48. The lowest BCUT2D eigenvalue weighted by Gasteiger charge is -2.23. The Morgan fingerprint density at radius 1 is 0.273 bits per heavy atom. The molecule has 254 valence electrons. The fraction of sp³-hybridized carbons (Fsp3) is 0.0545. The minimum atomic E-state index is -0.146. The summed E-state index contributed by atoms with van der Waals surface area (Å²) in [7, 11) is 0. The van der Waals surface area contributed by atoms with Gasteiger partial charge in [-0.25, -0.2) is 0 Å². The van der Waals surface area contributed by atoms with Gasteiger partial charge in [0.05, 0.1) is 0 Å². The quantitative estimate of drug-likeness (QED) is 0.169. The SMILES string of the molecule is CC1(C)c2cc(-c3ccc4c5c(cccc35)-c3cc5ccccc5cc3-4)ccc2-c2ccc(-c3ccc4c5c(cccc35)-c3cc5ccccc5cc3-4)cc21. The predicted octanol–water partition coefficient (Wildman–Crippen LogP) is 15.2. The molecule has 0 N–H and O–H groups in total. The molecule has 10 aromatic rings. The van der Waals surface area contributed by atoms with Crippen LogP contribution in [-0.2, 0) is 5.41 Å². The molecule has 0 unspecified atom stereocenters. The van der Waals surface area contributed by atoms with Crippen molar-refractivity contribution in [2.45, 2.75) is 19.3 Å². The summed E-state index contributed by atoms with van der Waals surface area (Å²) in [5.74, 6) is 0. The second-order valence-electron chi connectivity index (χ2n) is 16.4. The van der Waals surface area contributed by atoms with Crippen LogP contribution in [0.25, 0.3) is 121 Å². The summed E-state index contributed by atoms with van der Waals surface area (Å²) in [6.45, 7) is 4.82. The molecule has 0 bridgehead atoms. The van der Waals surface area contributed by atoms with E-state index >= 15 is 0 Å². The maximum atomic E-state index is 2.48. The third kappa shape index (κ3) is 3.81. The first-order chi connectivity index (χ1) is 27.0. The topological polar surface area (TPSA) is 0 Å². The summed E-state index contributed by atoms with van der Waals surface area (Å²) >= 11 is 0. The second kappa shape index (κ2) is 10.3. The van der Waals surface area contributed by atoms with Crippen molar-refractivity contribution in [2.75, 3.05) is 0 Å². The van der Waals surface area contributed by atoms with Crippen molar-refractivity contribution in [3.8, 4) is 77.9 Å². The molecule has 13 rings (SSSR count). The first kappa shape index (κ1) is 29.7. The summed E-state index contributed by atoms with van der Waals surface area (Å²) in [6.07, 6.45) is 0. The number of hydrogen-bond donors (Lipinski definition) is 0. The Morgan fingerprint density at radius 3 is 1.02 bits per heavy atom. The summed E-state index contributed by atoms with van der Waals surface area (Å²) in [4.78, 5) is 0. The predicted molar refractivity (Wildman–Crippen MR) is 234 cm³/mol. The molecule has 0 saturated carbocycles. The van der Waals surface area contributed by atoms with Gasteiger partial charge < -0.3 is 0 Å². The lowest BCUT2D eigenvalue weighted by molar-refractivity contribution is 0.661. The molecule has 0 spiro atoms. The van der Waals surface area contributed by atoms with Gasteiger partial charge in [-0.3, -0.25) is 0 Å². The van der Waals surface area contributed by atoms with E-state index in [0.29, 0.717) is 0 Å². The van der Waals surface area contributed by atoms with Gasteiger partial charge in [0.2, 0.25) is 0 Å². The highest BCUT2D eigenvalue weighted by molar-refractivity contribution is 6.22. The van der Waals surface area contributed by atoms with Gasteiger partial charge in [0.15, 0.2) is 0 Å². The lowest BCUT2D eigenvalue weighted by atomic mass is 9.80. The summed E-state index contributed by atoms with van der Waals surface area (Å²) in [5, 5.41) is 10.6. The minimum Gasteiger partial charge on any atom is -0.0616 e. The highest BCUT2D eigenvalue weighted by Crippen LogP contribution is 2.55. The molecule has 10 aromatic carbocycles. The standard InChI is InChI=1S/C55H34/c1-55(2)51-29-35(37-21-23-45-49-27-33-11-5-3-9-31(33)25-47(49)43-15-7-13-41(37)53(43)45)17-19-39(51)40-20-18-36(30-52(40)55)38-22-24-46-50-28-34-12-6-4-10-32(34)26-48(50)44-16-8-14-42(38)54(44)46/h3-30H,1-2H3. The molecule has 3 aliphatic rings. The zero-order valence-corrected chi connectivity index (χ0v) is 30.7. The summed E-state index contributed by atoms with van der Waals surface area (Å²) in [6, 6.07) is 64.6. The van der Waals surface area contributed by atoms with E-state index in [9.17, 15) is 0 Å². The Bertz CT molecular complexity index is 3070. The smallest absolute Gasteiger partial charge is 0.0159 e. The fourth-order valence-electron chi connectivity index (χ4n) is 10.7. The van der Waals surface area contributed by atoms with Crippen molar-refractivity contribution in [3.05, 3.63) is 181 Å². The molecular formula is C55H34. The molecule has 0 heterocycles. The van der Waals surface area contributed by atoms with Crippen LogP contribution in [0.15, 0.2) is 170 Å². The molecular weight excluding hydrogens is 661 g/mol. The van der Waals surface area contributed by atoms with Crippen molar-refractivity contribution >= 4 is 43.1 Å². The Hall–Kier alpha value is -6.76. The number of hydrogen-bond acceptors (Lipinski definition) is 0. The first-order valence-corrected chi connectivity index (χ1v) is 19.5. The first-order valence-electron chi connectivity index (χ1n) is 19.5. The maximum Gasteiger partial charge on any atom is 0.0159 e. The molecule has 0 aromatic heterocycles. The molecule has 55 heavy (non-hydrogen) atoms. The Balaban J connectivity index is 0.920. The van der Waals surface area contributed by atoms with Gasteiger partial charge in [-0.15, -0.1) is 0 Å². The molecule has 0 heteroatoms. The average Bonchev–Trinajstić information content (AvgIpc) is 3.80. The second-order valence-corrected chi connectivity index (χ2v) is 16.4. The fourth-order valence-corrected chi connectivity index (χ4v) is 10.7. The highest BCUT2D eigenvalue weighted by atomic mass is 14.4. The van der Waals surface area contributed by atoms with Gasteiger partial charge in [0, 0.05) is 5.41 Å². The van der Waals surface area contributed by atoms with Crippen LogP contribution in [0.4, 0.5) is 0 Å². The van der Waals surface area contributed by atoms with E-state index in [1.54, 1.807) is 0 Å². The molecule has 0 aliphatic heterocycles. The van der Waals surface area contributed by atoms with Crippen LogP contribution in [0, 0.1) is 0 Å². The molecule has 0 saturated heterocycles. The molecule has 0 amide bonds. The van der Waals surface area contributed by atoms with Crippen LogP contribution in [0.3, 0.4) is 0 Å². The number of rotatable bonds is 2. The van der Waals surface area contributed by atoms with Gasteiger partial charge >= 0.3 is 0 Å². The van der Waals surface area contributed by atoms with Gasteiger partial charge in [-0.2, -0.15) is 0 Å². The lowest BCUT2D eigenvalue weighted by Crippen LogP contribution is -2.15. The van der Waals surface area contributed by atoms with Gasteiger partial charge in [-0.05, 0) is 169 Å². The van der Waals surface area contributed by atoms with Crippen LogP contribution in [0.5, 0.6) is 0 Å². The zero-order chi connectivity index (χ0) is 36.2. The summed E-state index contributed by atoms with van der Waals surface area (Å²) < 4.78 is 0. The highest BCUT2D eigenvalue weighted by Gasteiger charge is 2.36. The largest absolute Gasteiger partial charge is 0.0616 e. The van der Waals surface area contributed by atoms with E-state index in [1.807, 2.05) is 0 Å². The third-order valence-electron chi connectivity index (χ3n) is 13.3. The van der Waals surface area contributed by atoms with E-state index in [4.69, 9.17) is 0 Å². The van der Waals surface area contributed by atoms with Crippen molar-refractivity contribution in [1.82, 2.24) is 0 Å². The molecule has 0 atom stereocenters. The molecule has 0 fully saturated rings. The third-order valence-corrected chi connectivity index (χ3v) is 13.3. The molecule has 3 aliphatic carbocycles. The van der Waals surface area contributed by atoms with Gasteiger partial charge in [0.1, 0.15) is 0 Å². The average molecular weight is 695 g/mol. The van der Waals surface area contributed by atoms with Crippen LogP contribution in [0.2, 0.25) is 0 Å². The monoisotopic (exact) mass is 694 g/mol. The van der Waals surface area contributed by atoms with Crippen molar-refractivity contribution < 1.29 is 0 Å². The zero-order valence-electron chi connectivity index (χ0n) is 30.7. The van der Waals surface area contributed by atoms with E-state index in [0.717, 1.165) is 0 Å². The Morgan fingerprint density at radius 2 is 0.618 bits per heavy atom. The van der Waals surface area contributed by atoms with Crippen LogP contribution in [-0.4, -0.2) is 0 Å². The Kier molecular flexibility index (Phi) is 5.53. The molecule has 0 nitrogen and oxygen atoms in total. The van der Waals surface area contributed by atoms with E-state index in [1.165, 1.54) is 132 Å². The Labute approximate surface area is 320 Å². The van der Waals surface area contributed by atoms with Crippen LogP contribution in [0.1, 0.15) is 25.0 Å². The van der Waals surface area contributed by atoms with Gasteiger partial charge in [0.25, 0.3) is 0 Å². The summed E-state index contributed by atoms with van der Waals surface area (Å²) in [5.41, 5.74) is 21.3. The van der Waals surface area contributed by atoms with Gasteiger partial charge in [-0.1, -0.05) is 147 Å². The van der Waals surface area contributed by atoms with Crippen molar-refractivity contribution in [3.63, 3.8) is 0 Å². The van der Waals surface area contributed by atoms with E-state index in [-0.39, 0.29) is 5.41 Å². The normalized spacial score (nSPS) is 13.8. The van der Waals surface area contributed by atoms with Crippen LogP contribution >= 0.6 is 0 Å².